The van der Waals surface area contributed by atoms with Crippen LogP contribution in [0.15, 0.2) is 0 Å². The third-order valence-electron chi connectivity index (χ3n) is 0.940. The second-order valence-corrected chi connectivity index (χ2v) is 2.33. The van der Waals surface area contributed by atoms with Gasteiger partial charge in [0.25, 0.3) is 5.24 Å². The average Bonchev–Trinajstić information content (AvgIpc) is 1.86. The van der Waals surface area contributed by atoms with Gasteiger partial charge in [-0.05, 0) is 6.42 Å². The first-order valence-corrected chi connectivity index (χ1v) is 3.78. The van der Waals surface area contributed by atoms with Gasteiger partial charge in [0.2, 0.25) is 0 Å². The van der Waals surface area contributed by atoms with Gasteiger partial charge >= 0.3 is 6.09 Å². The number of imide groups is 1. The molecule has 0 aromatic rings. The van der Waals surface area contributed by atoms with Crippen LogP contribution in [-0.2, 0) is 4.74 Å². The highest BCUT2D eigenvalue weighted by molar-refractivity contribution is 7.96. The second-order valence-electron chi connectivity index (χ2n) is 1.92. The molecule has 0 aliphatic rings. The van der Waals surface area contributed by atoms with Crippen molar-refractivity contribution in [1.82, 2.24) is 5.32 Å². The largest absolute Gasteiger partial charge is 0.449 e. The molecule has 0 aromatic carbocycles. The number of carbonyl (C=O) groups excluding carboxylic acids is 2. The Morgan fingerprint density at radius 2 is 2.18 bits per heavy atom. The van der Waals surface area contributed by atoms with E-state index >= 15 is 0 Å². The van der Waals surface area contributed by atoms with Crippen molar-refractivity contribution < 1.29 is 14.3 Å². The highest BCUT2D eigenvalue weighted by Gasteiger charge is 2.02. The fourth-order valence-electron chi connectivity index (χ4n) is 0.433. The summed E-state index contributed by atoms with van der Waals surface area (Å²) in [5.74, 6) is 0. The Morgan fingerprint density at radius 1 is 1.55 bits per heavy atom. The molecule has 0 aliphatic carbocycles. The van der Waals surface area contributed by atoms with E-state index in [-0.39, 0.29) is 0 Å². The summed E-state index contributed by atoms with van der Waals surface area (Å²) in [4.78, 5) is 20.7. The average molecular weight is 177 g/mol. The molecule has 0 saturated carbocycles. The fraction of sp³-hybridized carbons (Fsp3) is 0.667. The van der Waals surface area contributed by atoms with E-state index in [4.69, 9.17) is 0 Å². The summed E-state index contributed by atoms with van der Waals surface area (Å²) in [6, 6.07) is 0. The number of unbranched alkanes of at least 4 members (excludes halogenated alkanes) is 1. The molecule has 0 aromatic heterocycles. The predicted octanol–water partition coefficient (Wildman–Crippen LogP) is 1.56. The van der Waals surface area contributed by atoms with Gasteiger partial charge in [0.05, 0.1) is 6.61 Å². The highest BCUT2D eigenvalue weighted by Crippen LogP contribution is 1.88. The van der Waals surface area contributed by atoms with Crippen molar-refractivity contribution >= 4 is 24.0 Å². The lowest BCUT2D eigenvalue weighted by Gasteiger charge is -2.01. The summed E-state index contributed by atoms with van der Waals surface area (Å²) in [6.45, 7) is 2.31. The van der Waals surface area contributed by atoms with Crippen molar-refractivity contribution in [3.8, 4) is 0 Å². The molecule has 0 fully saturated rings. The summed E-state index contributed by atoms with van der Waals surface area (Å²) >= 11 is 3.33. The van der Waals surface area contributed by atoms with E-state index in [2.05, 4.69) is 17.4 Å². The van der Waals surface area contributed by atoms with Gasteiger partial charge in [-0.25, -0.2) is 4.79 Å². The molecular formula is C6H11NO3S. The zero-order chi connectivity index (χ0) is 8.69. The molecule has 0 spiro atoms. The van der Waals surface area contributed by atoms with Gasteiger partial charge in [-0.3, -0.25) is 10.1 Å². The van der Waals surface area contributed by atoms with E-state index in [0.29, 0.717) is 6.61 Å². The fourth-order valence-corrected chi connectivity index (χ4v) is 0.524. The van der Waals surface area contributed by atoms with Gasteiger partial charge in [0.1, 0.15) is 0 Å². The molecule has 0 heterocycles. The molecule has 0 aliphatic heterocycles. The zero-order valence-corrected chi connectivity index (χ0v) is 7.19. The number of thiol groups is 1. The lowest BCUT2D eigenvalue weighted by Crippen LogP contribution is -2.26. The molecule has 0 saturated heterocycles. The zero-order valence-electron chi connectivity index (χ0n) is 6.29. The topological polar surface area (TPSA) is 55.4 Å². The van der Waals surface area contributed by atoms with Crippen LogP contribution in [0.5, 0.6) is 0 Å². The summed E-state index contributed by atoms with van der Waals surface area (Å²) in [7, 11) is 0. The molecule has 0 rings (SSSR count). The molecule has 5 heteroatoms. The van der Waals surface area contributed by atoms with Crippen molar-refractivity contribution in [2.24, 2.45) is 0 Å². The van der Waals surface area contributed by atoms with Crippen molar-refractivity contribution in [2.75, 3.05) is 6.61 Å². The first kappa shape index (κ1) is 10.3. The van der Waals surface area contributed by atoms with Crippen LogP contribution >= 0.6 is 12.6 Å². The van der Waals surface area contributed by atoms with E-state index in [1.807, 2.05) is 12.2 Å². The Balaban J connectivity index is 3.30. The summed E-state index contributed by atoms with van der Waals surface area (Å²) in [5.41, 5.74) is 0. The lowest BCUT2D eigenvalue weighted by atomic mass is 10.4. The van der Waals surface area contributed by atoms with Crippen molar-refractivity contribution in [1.29, 1.82) is 0 Å². The maximum Gasteiger partial charge on any atom is 0.414 e. The molecule has 0 unspecified atom stereocenters. The molecule has 0 atom stereocenters. The number of carbonyl (C=O) groups is 2. The number of amides is 2. The Labute approximate surface area is 70.7 Å². The molecular weight excluding hydrogens is 166 g/mol. The Kier molecular flexibility index (Phi) is 5.64. The molecule has 1 N–H and O–H groups in total. The number of hydrogen-bond acceptors (Lipinski definition) is 3. The monoisotopic (exact) mass is 177 g/mol. The first-order chi connectivity index (χ1) is 5.16. The van der Waals surface area contributed by atoms with Crippen molar-refractivity contribution in [2.45, 2.75) is 19.8 Å². The second kappa shape index (κ2) is 6.03. The minimum Gasteiger partial charge on any atom is -0.449 e. The number of ether oxygens (including phenoxy) is 1. The minimum atomic E-state index is -0.738. The maximum atomic E-state index is 10.5. The van der Waals surface area contributed by atoms with Crippen LogP contribution < -0.4 is 5.32 Å². The standard InChI is InChI=1S/C6H11NO3S/c1-2-3-4-10-5(8)7-6(9)11/h2-4H2,1H3,(H2,7,8,9,11). The summed E-state index contributed by atoms with van der Waals surface area (Å²) in [5, 5.41) is 1.16. The number of rotatable bonds is 3. The highest BCUT2D eigenvalue weighted by atomic mass is 32.1. The third kappa shape index (κ3) is 7.18. The quantitative estimate of drug-likeness (QED) is 0.508. The summed E-state index contributed by atoms with van der Waals surface area (Å²) in [6.07, 6.45) is 1.01. The van der Waals surface area contributed by atoms with Crippen LogP contribution in [0, 0.1) is 0 Å². The molecule has 2 amide bonds. The van der Waals surface area contributed by atoms with Crippen LogP contribution in [0.4, 0.5) is 9.59 Å². The predicted molar refractivity (Wildman–Crippen MR) is 43.8 cm³/mol. The van der Waals surface area contributed by atoms with Crippen molar-refractivity contribution in [3.63, 3.8) is 0 Å². The normalized spacial score (nSPS) is 8.91. The van der Waals surface area contributed by atoms with Crippen LogP contribution in [-0.4, -0.2) is 17.9 Å². The van der Waals surface area contributed by atoms with Gasteiger partial charge in [-0.15, -0.1) is 0 Å². The number of hydrogen-bond donors (Lipinski definition) is 2. The van der Waals surface area contributed by atoms with Gasteiger partial charge in [-0.1, -0.05) is 26.0 Å². The molecule has 0 bridgehead atoms. The minimum absolute atomic E-state index is 0.337. The van der Waals surface area contributed by atoms with Crippen molar-refractivity contribution in [3.05, 3.63) is 0 Å². The van der Waals surface area contributed by atoms with Gasteiger partial charge < -0.3 is 4.74 Å². The Bertz CT molecular complexity index is 149. The lowest BCUT2D eigenvalue weighted by molar-refractivity contribution is 0.147. The van der Waals surface area contributed by atoms with E-state index in [0.717, 1.165) is 12.8 Å². The van der Waals surface area contributed by atoms with Gasteiger partial charge in [0.15, 0.2) is 0 Å². The Hall–Kier alpha value is -0.710. The Morgan fingerprint density at radius 3 is 2.64 bits per heavy atom. The number of nitrogens with one attached hydrogen (secondary N) is 1. The number of alkyl carbamates (subject to hydrolysis) is 1. The van der Waals surface area contributed by atoms with E-state index in [1.165, 1.54) is 0 Å². The SMILES string of the molecule is CCCCOC(=O)NC(=O)S. The van der Waals surface area contributed by atoms with Crippen LogP contribution in [0.25, 0.3) is 0 Å². The summed E-state index contributed by atoms with van der Waals surface area (Å²) < 4.78 is 4.57. The smallest absolute Gasteiger partial charge is 0.414 e. The van der Waals surface area contributed by atoms with Gasteiger partial charge in [-0.2, -0.15) is 0 Å². The molecule has 4 nitrogen and oxygen atoms in total. The van der Waals surface area contributed by atoms with Crippen LogP contribution in [0.3, 0.4) is 0 Å². The van der Waals surface area contributed by atoms with Crippen LogP contribution in [0.1, 0.15) is 19.8 Å². The molecule has 0 radical (unpaired) electrons. The van der Waals surface area contributed by atoms with E-state index < -0.39 is 11.3 Å². The molecule has 64 valence electrons. The van der Waals surface area contributed by atoms with E-state index in [1.54, 1.807) is 0 Å². The maximum absolute atomic E-state index is 10.5. The third-order valence-corrected chi connectivity index (χ3v) is 1.05. The van der Waals surface area contributed by atoms with Crippen LogP contribution in [0.2, 0.25) is 0 Å². The van der Waals surface area contributed by atoms with E-state index in [9.17, 15) is 9.59 Å². The molecule has 11 heavy (non-hydrogen) atoms. The van der Waals surface area contributed by atoms with Gasteiger partial charge in [0, 0.05) is 0 Å². The first-order valence-electron chi connectivity index (χ1n) is 3.33.